The summed E-state index contributed by atoms with van der Waals surface area (Å²) >= 11 is 1.47. The molecule has 0 bridgehead atoms. The molecule has 1 aliphatic rings. The molecule has 1 amide bonds. The van der Waals surface area contributed by atoms with E-state index in [4.69, 9.17) is 4.74 Å². The molecule has 0 saturated carbocycles. The second-order valence-corrected chi connectivity index (χ2v) is 6.94. The molecule has 3 rings (SSSR count). The molecular weight excluding hydrogens is 308 g/mol. The van der Waals surface area contributed by atoms with Crippen molar-refractivity contribution in [2.24, 2.45) is 0 Å². The van der Waals surface area contributed by atoms with Crippen molar-refractivity contribution in [3.63, 3.8) is 0 Å². The molecule has 1 atom stereocenters. The fourth-order valence-corrected chi connectivity index (χ4v) is 3.63. The van der Waals surface area contributed by atoms with E-state index in [1.807, 2.05) is 5.38 Å². The van der Waals surface area contributed by atoms with Crippen LogP contribution in [0.5, 0.6) is 0 Å². The molecule has 23 heavy (non-hydrogen) atoms. The number of nitrogens with zero attached hydrogens (tertiary/aromatic N) is 1. The fraction of sp³-hybridized carbons (Fsp3) is 0.444. The molecule has 1 saturated heterocycles. The zero-order chi connectivity index (χ0) is 16.2. The van der Waals surface area contributed by atoms with Crippen molar-refractivity contribution in [1.29, 1.82) is 0 Å². The summed E-state index contributed by atoms with van der Waals surface area (Å²) in [4.78, 5) is 16.6. The number of thiazole rings is 1. The van der Waals surface area contributed by atoms with Gasteiger partial charge in [-0.25, -0.2) is 4.98 Å². The number of hydrogen-bond donors (Lipinski definition) is 1. The van der Waals surface area contributed by atoms with E-state index in [-0.39, 0.29) is 12.0 Å². The van der Waals surface area contributed by atoms with Crippen LogP contribution < -0.4 is 5.32 Å². The lowest BCUT2D eigenvalue weighted by molar-refractivity contribution is -0.116. The van der Waals surface area contributed by atoms with Crippen LogP contribution in [0.25, 0.3) is 11.3 Å². The number of amides is 1. The topological polar surface area (TPSA) is 51.2 Å². The van der Waals surface area contributed by atoms with Gasteiger partial charge in [0.1, 0.15) is 0 Å². The molecule has 1 aliphatic heterocycles. The van der Waals surface area contributed by atoms with Crippen molar-refractivity contribution in [1.82, 2.24) is 4.98 Å². The van der Waals surface area contributed by atoms with Gasteiger partial charge in [-0.1, -0.05) is 23.8 Å². The minimum atomic E-state index is 0.0158. The van der Waals surface area contributed by atoms with Crippen LogP contribution in [0.15, 0.2) is 23.6 Å². The van der Waals surface area contributed by atoms with Crippen LogP contribution in [0.1, 0.15) is 36.8 Å². The Hall–Kier alpha value is -1.72. The number of benzene rings is 1. The summed E-state index contributed by atoms with van der Waals surface area (Å²) in [6.45, 7) is 5.00. The van der Waals surface area contributed by atoms with Gasteiger partial charge in [0, 0.05) is 24.0 Å². The Bertz CT molecular complexity index is 690. The van der Waals surface area contributed by atoms with Gasteiger partial charge in [0.15, 0.2) is 5.13 Å². The molecule has 2 aromatic rings. The largest absolute Gasteiger partial charge is 0.378 e. The monoisotopic (exact) mass is 330 g/mol. The van der Waals surface area contributed by atoms with E-state index >= 15 is 0 Å². The van der Waals surface area contributed by atoms with Gasteiger partial charge in [0.25, 0.3) is 0 Å². The predicted molar refractivity (Wildman–Crippen MR) is 93.9 cm³/mol. The highest BCUT2D eigenvalue weighted by Gasteiger charge is 2.17. The molecular formula is C18H22N2O2S. The van der Waals surface area contributed by atoms with Crippen molar-refractivity contribution in [2.75, 3.05) is 11.9 Å². The maximum absolute atomic E-state index is 12.0. The van der Waals surface area contributed by atoms with Crippen molar-refractivity contribution >= 4 is 22.4 Å². The Balaban J connectivity index is 1.59. The van der Waals surface area contributed by atoms with E-state index in [0.29, 0.717) is 11.6 Å². The van der Waals surface area contributed by atoms with Gasteiger partial charge in [-0.3, -0.25) is 4.79 Å². The predicted octanol–water partition coefficient (Wildman–Crippen LogP) is 4.32. The summed E-state index contributed by atoms with van der Waals surface area (Å²) in [7, 11) is 0. The molecule has 0 radical (unpaired) electrons. The zero-order valence-corrected chi connectivity index (χ0v) is 14.4. The summed E-state index contributed by atoms with van der Waals surface area (Å²) < 4.78 is 5.55. The Morgan fingerprint density at radius 1 is 1.43 bits per heavy atom. The molecule has 1 aromatic heterocycles. The molecule has 2 heterocycles. The SMILES string of the molecule is Cc1ccc(-c2csc(NC(=O)CCC3CCCO3)n2)c(C)c1. The lowest BCUT2D eigenvalue weighted by Crippen LogP contribution is -2.15. The quantitative estimate of drug-likeness (QED) is 0.888. The normalized spacial score (nSPS) is 17.4. The summed E-state index contributed by atoms with van der Waals surface area (Å²) in [5.74, 6) is 0.0158. The van der Waals surface area contributed by atoms with E-state index in [9.17, 15) is 4.79 Å². The number of anilines is 1. The molecule has 1 aromatic carbocycles. The zero-order valence-electron chi connectivity index (χ0n) is 13.6. The number of ether oxygens (including phenoxy) is 1. The van der Waals surface area contributed by atoms with Crippen LogP contribution in [-0.2, 0) is 9.53 Å². The van der Waals surface area contributed by atoms with Crippen LogP contribution in [0.4, 0.5) is 5.13 Å². The number of rotatable bonds is 5. The average molecular weight is 330 g/mol. The van der Waals surface area contributed by atoms with Crippen LogP contribution in [0.3, 0.4) is 0 Å². The van der Waals surface area contributed by atoms with E-state index in [1.54, 1.807) is 0 Å². The van der Waals surface area contributed by atoms with Crippen molar-refractivity contribution < 1.29 is 9.53 Å². The second-order valence-electron chi connectivity index (χ2n) is 6.08. The van der Waals surface area contributed by atoms with Gasteiger partial charge in [-0.05, 0) is 38.7 Å². The number of nitrogens with one attached hydrogen (secondary N) is 1. The van der Waals surface area contributed by atoms with Gasteiger partial charge in [-0.2, -0.15) is 0 Å². The van der Waals surface area contributed by atoms with Gasteiger partial charge in [0.05, 0.1) is 11.8 Å². The second kappa shape index (κ2) is 7.23. The molecule has 1 unspecified atom stereocenters. The number of aromatic nitrogens is 1. The highest BCUT2D eigenvalue weighted by Crippen LogP contribution is 2.28. The third kappa shape index (κ3) is 4.18. The Kier molecular flexibility index (Phi) is 5.08. The number of carbonyl (C=O) groups is 1. The first-order valence-electron chi connectivity index (χ1n) is 8.06. The molecule has 122 valence electrons. The van der Waals surface area contributed by atoms with E-state index in [2.05, 4.69) is 42.3 Å². The summed E-state index contributed by atoms with van der Waals surface area (Å²) in [5.41, 5.74) is 4.48. The molecule has 1 N–H and O–H groups in total. The highest BCUT2D eigenvalue weighted by atomic mass is 32.1. The number of hydrogen-bond acceptors (Lipinski definition) is 4. The van der Waals surface area contributed by atoms with Gasteiger partial charge in [0.2, 0.25) is 5.91 Å². The van der Waals surface area contributed by atoms with Crippen LogP contribution >= 0.6 is 11.3 Å². The van der Waals surface area contributed by atoms with E-state index in [1.165, 1.54) is 22.5 Å². The first-order valence-corrected chi connectivity index (χ1v) is 8.94. The molecule has 5 heteroatoms. The average Bonchev–Trinajstić information content (AvgIpc) is 3.17. The van der Waals surface area contributed by atoms with Crippen LogP contribution in [0.2, 0.25) is 0 Å². The van der Waals surface area contributed by atoms with Crippen molar-refractivity contribution in [3.05, 3.63) is 34.7 Å². The lowest BCUT2D eigenvalue weighted by Gasteiger charge is -2.08. The Morgan fingerprint density at radius 3 is 3.04 bits per heavy atom. The summed E-state index contributed by atoms with van der Waals surface area (Å²) in [6.07, 6.45) is 3.71. The maximum atomic E-state index is 12.0. The first kappa shape index (κ1) is 16.1. The number of carbonyl (C=O) groups excluding carboxylic acids is 1. The molecule has 1 fully saturated rings. The minimum Gasteiger partial charge on any atom is -0.378 e. The first-order chi connectivity index (χ1) is 11.1. The molecule has 0 spiro atoms. The van der Waals surface area contributed by atoms with Crippen molar-refractivity contribution in [3.8, 4) is 11.3 Å². The van der Waals surface area contributed by atoms with Gasteiger partial charge >= 0.3 is 0 Å². The fourth-order valence-electron chi connectivity index (χ4n) is 2.90. The molecule has 4 nitrogen and oxygen atoms in total. The lowest BCUT2D eigenvalue weighted by atomic mass is 10.0. The third-order valence-corrected chi connectivity index (χ3v) is 4.88. The summed E-state index contributed by atoms with van der Waals surface area (Å²) in [6, 6.07) is 6.32. The van der Waals surface area contributed by atoms with Crippen LogP contribution in [0, 0.1) is 13.8 Å². The van der Waals surface area contributed by atoms with Gasteiger partial charge in [-0.15, -0.1) is 11.3 Å². The maximum Gasteiger partial charge on any atom is 0.226 e. The summed E-state index contributed by atoms with van der Waals surface area (Å²) in [5, 5.41) is 5.56. The number of aryl methyl sites for hydroxylation is 2. The van der Waals surface area contributed by atoms with E-state index < -0.39 is 0 Å². The highest BCUT2D eigenvalue weighted by molar-refractivity contribution is 7.14. The minimum absolute atomic E-state index is 0.0158. The Labute approximate surface area is 140 Å². The standard InChI is InChI=1S/C18H22N2O2S/c1-12-5-7-15(13(2)10-12)16-11-23-18(19-16)20-17(21)8-6-14-4-3-9-22-14/h5,7,10-11,14H,3-4,6,8-9H2,1-2H3,(H,19,20,21). The Morgan fingerprint density at radius 2 is 2.30 bits per heavy atom. The molecule has 0 aliphatic carbocycles. The smallest absolute Gasteiger partial charge is 0.226 e. The van der Waals surface area contributed by atoms with Crippen LogP contribution in [-0.4, -0.2) is 23.6 Å². The van der Waals surface area contributed by atoms with E-state index in [0.717, 1.165) is 37.1 Å². The van der Waals surface area contributed by atoms with Crippen molar-refractivity contribution in [2.45, 2.75) is 45.6 Å². The third-order valence-electron chi connectivity index (χ3n) is 4.13. The van der Waals surface area contributed by atoms with Gasteiger partial charge < -0.3 is 10.1 Å².